The largest absolute Gasteiger partial charge is 0.497 e. The van der Waals surface area contributed by atoms with E-state index in [9.17, 15) is 9.59 Å². The number of methoxy groups -OCH3 is 3. The number of hydrogen-bond acceptors (Lipinski definition) is 7. The van der Waals surface area contributed by atoms with Crippen molar-refractivity contribution < 1.29 is 19.0 Å². The van der Waals surface area contributed by atoms with Gasteiger partial charge in [-0.25, -0.2) is 9.97 Å². The molecule has 0 bridgehead atoms. The van der Waals surface area contributed by atoms with Crippen molar-refractivity contribution in [3.05, 3.63) is 64.3 Å². The number of ether oxygens (including phenoxy) is 3. The molecular weight excluding hydrogens is 412 g/mol. The van der Waals surface area contributed by atoms with Crippen LogP contribution in [0.2, 0.25) is 0 Å². The van der Waals surface area contributed by atoms with Gasteiger partial charge in [0, 0.05) is 31.3 Å². The first-order chi connectivity index (χ1) is 15.5. The molecule has 32 heavy (non-hydrogen) atoms. The molecule has 1 aliphatic heterocycles. The number of aromatic nitrogens is 3. The van der Waals surface area contributed by atoms with Crippen LogP contribution >= 0.6 is 0 Å². The van der Waals surface area contributed by atoms with Crippen molar-refractivity contribution in [2.24, 2.45) is 0 Å². The topological polar surface area (TPSA) is 107 Å². The van der Waals surface area contributed by atoms with Crippen molar-refractivity contribution in [3.8, 4) is 28.6 Å². The molecule has 9 nitrogen and oxygen atoms in total. The van der Waals surface area contributed by atoms with Crippen LogP contribution in [-0.2, 0) is 0 Å². The summed E-state index contributed by atoms with van der Waals surface area (Å²) in [4.78, 5) is 39.0. The number of amides is 1. The highest BCUT2D eigenvalue weighted by Crippen LogP contribution is 2.31. The Labute approximate surface area is 185 Å². The smallest absolute Gasteiger partial charge is 0.257 e. The first-order valence-corrected chi connectivity index (χ1v) is 10.2. The number of H-pyrrole nitrogens is 1. The lowest BCUT2D eigenvalue weighted by Gasteiger charge is -2.19. The highest BCUT2D eigenvalue weighted by Gasteiger charge is 2.31. The zero-order valence-electron chi connectivity index (χ0n) is 18.1. The second-order valence-corrected chi connectivity index (χ2v) is 7.38. The van der Waals surface area contributed by atoms with E-state index in [1.807, 2.05) is 0 Å². The van der Waals surface area contributed by atoms with E-state index < -0.39 is 0 Å². The van der Waals surface area contributed by atoms with Crippen molar-refractivity contribution in [1.82, 2.24) is 19.9 Å². The summed E-state index contributed by atoms with van der Waals surface area (Å²) < 4.78 is 15.9. The summed E-state index contributed by atoms with van der Waals surface area (Å²) in [6.45, 7) is 0.962. The van der Waals surface area contributed by atoms with Crippen molar-refractivity contribution in [1.29, 1.82) is 0 Å². The Hall–Kier alpha value is -3.88. The van der Waals surface area contributed by atoms with Gasteiger partial charge in [-0.15, -0.1) is 0 Å². The Morgan fingerprint density at radius 1 is 1.12 bits per heavy atom. The number of hydrogen-bond donors (Lipinski definition) is 1. The van der Waals surface area contributed by atoms with Crippen LogP contribution in [0.3, 0.4) is 0 Å². The molecule has 1 saturated heterocycles. The maximum atomic E-state index is 13.2. The van der Waals surface area contributed by atoms with Crippen LogP contribution < -0.4 is 19.8 Å². The van der Waals surface area contributed by atoms with Gasteiger partial charge in [0.2, 0.25) is 5.88 Å². The van der Waals surface area contributed by atoms with Crippen LogP contribution in [0, 0.1) is 0 Å². The van der Waals surface area contributed by atoms with Gasteiger partial charge in [-0.2, -0.15) is 0 Å². The Morgan fingerprint density at radius 3 is 2.72 bits per heavy atom. The fraction of sp³-hybridized carbons (Fsp3) is 0.304. The molecular formula is C23H24N4O5. The number of carbonyl (C=O) groups excluding carboxylic acids is 1. The Bertz CT molecular complexity index is 1190. The fourth-order valence-corrected chi connectivity index (χ4v) is 3.88. The highest BCUT2D eigenvalue weighted by atomic mass is 16.5. The second kappa shape index (κ2) is 9.09. The molecule has 1 atom stereocenters. The average molecular weight is 436 g/mol. The molecule has 1 fully saturated rings. The van der Waals surface area contributed by atoms with Gasteiger partial charge in [0.1, 0.15) is 17.3 Å². The predicted molar refractivity (Wildman–Crippen MR) is 117 cm³/mol. The van der Waals surface area contributed by atoms with E-state index in [1.165, 1.54) is 20.3 Å². The molecule has 9 heteroatoms. The molecule has 2 aromatic heterocycles. The van der Waals surface area contributed by atoms with E-state index in [1.54, 1.807) is 48.5 Å². The van der Waals surface area contributed by atoms with E-state index in [0.717, 1.165) is 0 Å². The highest BCUT2D eigenvalue weighted by molar-refractivity contribution is 5.97. The zero-order chi connectivity index (χ0) is 22.7. The average Bonchev–Trinajstić information content (AvgIpc) is 3.33. The number of likely N-dealkylation sites (tertiary alicyclic amines) is 1. The maximum absolute atomic E-state index is 13.2. The first-order valence-electron chi connectivity index (χ1n) is 10.2. The van der Waals surface area contributed by atoms with Crippen LogP contribution in [0.4, 0.5) is 0 Å². The van der Waals surface area contributed by atoms with Crippen LogP contribution in [-0.4, -0.2) is 60.2 Å². The summed E-state index contributed by atoms with van der Waals surface area (Å²) in [5.41, 5.74) is 1.28. The van der Waals surface area contributed by atoms with Gasteiger partial charge in [-0.05, 0) is 36.8 Å². The SMILES string of the molecule is COc1ccc(OC)c(C(=O)N2CCC(c3nc(-c4cccnc4OC)cc(=O)[nH]3)C2)c1. The number of aromatic amines is 1. The van der Waals surface area contributed by atoms with Gasteiger partial charge >= 0.3 is 0 Å². The third kappa shape index (κ3) is 4.14. The molecule has 0 saturated carbocycles. The summed E-state index contributed by atoms with van der Waals surface area (Å²) in [6, 6.07) is 10.1. The summed E-state index contributed by atoms with van der Waals surface area (Å²) in [6.07, 6.45) is 2.29. The summed E-state index contributed by atoms with van der Waals surface area (Å²) in [5.74, 6) is 1.73. The Balaban J connectivity index is 1.60. The van der Waals surface area contributed by atoms with E-state index in [2.05, 4.69) is 15.0 Å². The summed E-state index contributed by atoms with van der Waals surface area (Å²) in [7, 11) is 4.60. The molecule has 0 aliphatic carbocycles. The number of pyridine rings is 1. The molecule has 1 amide bonds. The van der Waals surface area contributed by atoms with Crippen LogP contribution in [0.1, 0.15) is 28.5 Å². The van der Waals surface area contributed by atoms with Crippen molar-refractivity contribution in [3.63, 3.8) is 0 Å². The lowest BCUT2D eigenvalue weighted by molar-refractivity contribution is 0.0786. The minimum atomic E-state index is -0.268. The molecule has 1 aromatic carbocycles. The number of carbonyl (C=O) groups is 1. The van der Waals surface area contributed by atoms with Crippen LogP contribution in [0.25, 0.3) is 11.3 Å². The molecule has 3 aromatic rings. The van der Waals surface area contributed by atoms with Crippen LogP contribution in [0.15, 0.2) is 47.4 Å². The third-order valence-corrected chi connectivity index (χ3v) is 5.50. The minimum absolute atomic E-state index is 0.106. The molecule has 3 heterocycles. The lowest BCUT2D eigenvalue weighted by atomic mass is 10.1. The van der Waals surface area contributed by atoms with E-state index in [-0.39, 0.29) is 17.4 Å². The molecule has 0 spiro atoms. The quantitative estimate of drug-likeness (QED) is 0.633. The van der Waals surface area contributed by atoms with Crippen LogP contribution in [0.5, 0.6) is 17.4 Å². The third-order valence-electron chi connectivity index (χ3n) is 5.50. The zero-order valence-corrected chi connectivity index (χ0v) is 18.1. The Morgan fingerprint density at radius 2 is 1.97 bits per heavy atom. The van der Waals surface area contributed by atoms with E-state index >= 15 is 0 Å². The van der Waals surface area contributed by atoms with E-state index in [4.69, 9.17) is 14.2 Å². The lowest BCUT2D eigenvalue weighted by Crippen LogP contribution is -2.29. The van der Waals surface area contributed by atoms with Gasteiger partial charge in [0.15, 0.2) is 0 Å². The van der Waals surface area contributed by atoms with Crippen molar-refractivity contribution in [2.45, 2.75) is 12.3 Å². The van der Waals surface area contributed by atoms with Gasteiger partial charge in [0.25, 0.3) is 11.5 Å². The number of rotatable bonds is 6. The van der Waals surface area contributed by atoms with Crippen molar-refractivity contribution in [2.75, 3.05) is 34.4 Å². The number of nitrogens with one attached hydrogen (secondary N) is 1. The fourth-order valence-electron chi connectivity index (χ4n) is 3.88. The maximum Gasteiger partial charge on any atom is 0.257 e. The van der Waals surface area contributed by atoms with Crippen molar-refractivity contribution >= 4 is 5.91 Å². The first kappa shape index (κ1) is 21.4. The molecule has 0 radical (unpaired) electrons. The molecule has 1 aliphatic rings. The summed E-state index contributed by atoms with van der Waals surface area (Å²) >= 11 is 0. The minimum Gasteiger partial charge on any atom is -0.497 e. The van der Waals surface area contributed by atoms with E-state index in [0.29, 0.717) is 59.5 Å². The number of nitrogens with zero attached hydrogens (tertiary/aromatic N) is 3. The van der Waals surface area contributed by atoms with Gasteiger partial charge < -0.3 is 24.1 Å². The van der Waals surface area contributed by atoms with Gasteiger partial charge in [0.05, 0.1) is 38.2 Å². The van der Waals surface area contributed by atoms with Gasteiger partial charge in [-0.3, -0.25) is 9.59 Å². The Kier molecular flexibility index (Phi) is 6.07. The second-order valence-electron chi connectivity index (χ2n) is 7.38. The standard InChI is InChI=1S/C23H24N4O5/c1-30-15-6-7-19(31-2)17(11-15)23(29)27-10-8-14(13-27)21-25-18(12-20(28)26-21)16-5-4-9-24-22(16)32-3/h4-7,9,11-12,14H,8,10,13H2,1-3H3,(H,25,26,28). The predicted octanol–water partition coefficient (Wildman–Crippen LogP) is 2.49. The number of benzene rings is 1. The monoisotopic (exact) mass is 436 g/mol. The van der Waals surface area contributed by atoms with Gasteiger partial charge in [-0.1, -0.05) is 0 Å². The summed E-state index contributed by atoms with van der Waals surface area (Å²) in [5, 5.41) is 0. The molecule has 166 valence electrons. The normalized spacial score (nSPS) is 15.5. The molecule has 1 unspecified atom stereocenters. The molecule has 4 rings (SSSR count). The molecule has 1 N–H and O–H groups in total.